The van der Waals surface area contributed by atoms with Crippen molar-refractivity contribution in [2.45, 2.75) is 25.7 Å². The molecule has 1 saturated heterocycles. The van der Waals surface area contributed by atoms with Gasteiger partial charge >= 0.3 is 0 Å². The molecule has 0 aliphatic carbocycles. The molecular formula is C22H28ClN3O2. The number of nitrogens with zero attached hydrogens (tertiary/aromatic N) is 1. The second-order valence-electron chi connectivity index (χ2n) is 7.20. The Kier molecular flexibility index (Phi) is 7.83. The number of methoxy groups -OCH3 is 1. The first-order valence-electron chi connectivity index (χ1n) is 9.88. The van der Waals surface area contributed by atoms with E-state index in [4.69, 9.17) is 16.3 Å². The third-order valence-corrected chi connectivity index (χ3v) is 5.35. The molecule has 3 rings (SSSR count). The van der Waals surface area contributed by atoms with E-state index in [2.05, 4.69) is 21.7 Å². The molecule has 1 aromatic carbocycles. The zero-order valence-electron chi connectivity index (χ0n) is 16.3. The van der Waals surface area contributed by atoms with E-state index in [1.54, 1.807) is 13.3 Å². The maximum atomic E-state index is 12.6. The normalized spacial score (nSPS) is 16.7. The molecule has 1 atom stereocenters. The third-order valence-electron chi connectivity index (χ3n) is 5.05. The molecule has 0 spiro atoms. The van der Waals surface area contributed by atoms with Crippen molar-refractivity contribution in [1.82, 2.24) is 10.3 Å². The van der Waals surface area contributed by atoms with Crippen LogP contribution in [0, 0.1) is 5.92 Å². The molecule has 5 nitrogen and oxygen atoms in total. The smallest absolute Gasteiger partial charge is 0.143 e. The molecule has 150 valence electrons. The topological polar surface area (TPSA) is 63.2 Å². The van der Waals surface area contributed by atoms with Gasteiger partial charge in [0.2, 0.25) is 0 Å². The van der Waals surface area contributed by atoms with E-state index in [0.717, 1.165) is 68.0 Å². The van der Waals surface area contributed by atoms with Crippen LogP contribution >= 0.6 is 11.6 Å². The average Bonchev–Trinajstić information content (AvgIpc) is 2.73. The lowest BCUT2D eigenvalue weighted by atomic mass is 9.92. The van der Waals surface area contributed by atoms with Gasteiger partial charge in [-0.05, 0) is 49.6 Å². The molecule has 0 bridgehead atoms. The molecule has 0 radical (unpaired) electrons. The number of Topliss-reactive ketones (excluding diaryl/α,β-unsaturated/α-hetero) is 1. The molecular weight excluding hydrogens is 374 g/mol. The summed E-state index contributed by atoms with van der Waals surface area (Å²) >= 11 is 6.42. The van der Waals surface area contributed by atoms with Gasteiger partial charge in [0.15, 0.2) is 0 Å². The number of hydrogen-bond donors (Lipinski definition) is 2. The number of carbonyl (C=O) groups is 1. The summed E-state index contributed by atoms with van der Waals surface area (Å²) < 4.78 is 5.08. The van der Waals surface area contributed by atoms with Crippen molar-refractivity contribution in [3.63, 3.8) is 0 Å². The second kappa shape index (κ2) is 10.6. The fourth-order valence-corrected chi connectivity index (χ4v) is 3.71. The molecule has 1 fully saturated rings. The average molecular weight is 402 g/mol. The Morgan fingerprint density at radius 1 is 1.39 bits per heavy atom. The van der Waals surface area contributed by atoms with Crippen molar-refractivity contribution in [1.29, 1.82) is 0 Å². The lowest BCUT2D eigenvalue weighted by Crippen LogP contribution is -2.35. The Labute approximate surface area is 171 Å². The third kappa shape index (κ3) is 5.77. The monoisotopic (exact) mass is 401 g/mol. The van der Waals surface area contributed by atoms with E-state index in [1.165, 1.54) is 0 Å². The van der Waals surface area contributed by atoms with Crippen LogP contribution in [0.2, 0.25) is 5.02 Å². The zero-order chi connectivity index (χ0) is 19.8. The number of pyridine rings is 1. The molecule has 2 heterocycles. The summed E-state index contributed by atoms with van der Waals surface area (Å²) in [4.78, 5) is 17.0. The number of ether oxygens (including phenoxy) is 1. The molecule has 6 heteroatoms. The fraction of sp³-hybridized carbons (Fsp3) is 0.455. The largest absolute Gasteiger partial charge is 0.385 e. The van der Waals surface area contributed by atoms with Crippen LogP contribution in [0.1, 0.15) is 25.0 Å². The summed E-state index contributed by atoms with van der Waals surface area (Å²) in [6, 6.07) is 10.1. The van der Waals surface area contributed by atoms with E-state index >= 15 is 0 Å². The van der Waals surface area contributed by atoms with E-state index < -0.39 is 0 Å². The van der Waals surface area contributed by atoms with Gasteiger partial charge in [-0.15, -0.1) is 0 Å². The van der Waals surface area contributed by atoms with E-state index in [0.29, 0.717) is 11.4 Å². The number of ketones is 1. The van der Waals surface area contributed by atoms with Crippen LogP contribution in [0.4, 0.5) is 5.69 Å². The number of carbonyl (C=O) groups excluding carboxylic acids is 1. The van der Waals surface area contributed by atoms with Crippen molar-refractivity contribution in [3.05, 3.63) is 47.2 Å². The van der Waals surface area contributed by atoms with Gasteiger partial charge < -0.3 is 15.4 Å². The molecule has 1 aromatic heterocycles. The number of benzene rings is 1. The minimum absolute atomic E-state index is 0.0920. The Morgan fingerprint density at radius 2 is 2.29 bits per heavy atom. The van der Waals surface area contributed by atoms with Crippen LogP contribution in [0.15, 0.2) is 36.5 Å². The summed E-state index contributed by atoms with van der Waals surface area (Å²) in [6.07, 6.45) is 4.96. The second-order valence-corrected chi connectivity index (χ2v) is 7.60. The number of hydrogen-bond acceptors (Lipinski definition) is 5. The Bertz CT molecular complexity index is 791. The van der Waals surface area contributed by atoms with Crippen molar-refractivity contribution in [3.8, 4) is 11.1 Å². The fourth-order valence-electron chi connectivity index (χ4n) is 3.50. The SMILES string of the molecule is COCCCNc1cccc(-c2cc(CC(=O)[C@@H]3CCCNC3)ncc2Cl)c1. The van der Waals surface area contributed by atoms with Gasteiger partial charge in [-0.25, -0.2) is 0 Å². The van der Waals surface area contributed by atoms with Crippen molar-refractivity contribution in [2.24, 2.45) is 5.92 Å². The van der Waals surface area contributed by atoms with E-state index in [-0.39, 0.29) is 11.7 Å². The van der Waals surface area contributed by atoms with Gasteiger partial charge in [0.05, 0.1) is 5.02 Å². The number of nitrogens with one attached hydrogen (secondary N) is 2. The van der Waals surface area contributed by atoms with Crippen molar-refractivity contribution < 1.29 is 9.53 Å². The minimum atomic E-state index is 0.0920. The number of anilines is 1. The number of aromatic nitrogens is 1. The molecule has 0 unspecified atom stereocenters. The molecule has 0 saturated carbocycles. The van der Waals surface area contributed by atoms with Crippen LogP contribution < -0.4 is 10.6 Å². The first-order valence-corrected chi connectivity index (χ1v) is 10.3. The Balaban J connectivity index is 1.71. The summed E-state index contributed by atoms with van der Waals surface area (Å²) in [7, 11) is 1.71. The Hall–Kier alpha value is -1.95. The highest BCUT2D eigenvalue weighted by atomic mass is 35.5. The predicted molar refractivity (Wildman–Crippen MR) is 114 cm³/mol. The van der Waals surface area contributed by atoms with Gasteiger partial charge in [0.25, 0.3) is 0 Å². The number of rotatable bonds is 9. The highest BCUT2D eigenvalue weighted by Crippen LogP contribution is 2.30. The van der Waals surface area contributed by atoms with Gasteiger partial charge in [0.1, 0.15) is 5.78 Å². The summed E-state index contributed by atoms with van der Waals surface area (Å²) in [5.41, 5.74) is 3.72. The van der Waals surface area contributed by atoms with Crippen molar-refractivity contribution in [2.75, 3.05) is 38.7 Å². The molecule has 2 aromatic rings. The van der Waals surface area contributed by atoms with Gasteiger partial charge in [-0.1, -0.05) is 23.7 Å². The van der Waals surface area contributed by atoms with E-state index in [9.17, 15) is 4.79 Å². The zero-order valence-corrected chi connectivity index (χ0v) is 17.1. The van der Waals surface area contributed by atoms with Gasteiger partial charge in [-0.3, -0.25) is 9.78 Å². The minimum Gasteiger partial charge on any atom is -0.385 e. The standard InChI is InChI=1S/C22H28ClN3O2/c1-28-10-4-9-25-18-7-2-5-16(11-18)20-12-19(26-15-21(20)23)13-22(27)17-6-3-8-24-14-17/h2,5,7,11-12,15,17,24-25H,3-4,6,8-10,13-14H2,1H3/t17-/m1/s1. The molecule has 0 amide bonds. The maximum Gasteiger partial charge on any atom is 0.143 e. The first kappa shape index (κ1) is 20.8. The quantitative estimate of drug-likeness (QED) is 0.622. The summed E-state index contributed by atoms with van der Waals surface area (Å²) in [5.74, 6) is 0.343. The van der Waals surface area contributed by atoms with Crippen molar-refractivity contribution >= 4 is 23.1 Å². The number of halogens is 1. The van der Waals surface area contributed by atoms with Crippen LogP contribution in [0.25, 0.3) is 11.1 Å². The molecule has 1 aliphatic rings. The highest BCUT2D eigenvalue weighted by molar-refractivity contribution is 6.33. The lowest BCUT2D eigenvalue weighted by molar-refractivity contribution is -0.122. The Morgan fingerprint density at radius 3 is 3.07 bits per heavy atom. The summed E-state index contributed by atoms with van der Waals surface area (Å²) in [6.45, 7) is 3.35. The maximum absolute atomic E-state index is 12.6. The van der Waals surface area contributed by atoms with Crippen LogP contribution in [-0.2, 0) is 16.0 Å². The molecule has 2 N–H and O–H groups in total. The molecule has 28 heavy (non-hydrogen) atoms. The lowest BCUT2D eigenvalue weighted by Gasteiger charge is -2.21. The summed E-state index contributed by atoms with van der Waals surface area (Å²) in [5, 5.41) is 7.29. The number of piperidine rings is 1. The van der Waals surface area contributed by atoms with Crippen LogP contribution in [-0.4, -0.2) is 44.1 Å². The van der Waals surface area contributed by atoms with Gasteiger partial charge in [-0.2, -0.15) is 0 Å². The molecule has 1 aliphatic heterocycles. The first-order chi connectivity index (χ1) is 13.7. The van der Waals surface area contributed by atoms with E-state index in [1.807, 2.05) is 24.3 Å². The van der Waals surface area contributed by atoms with Crippen LogP contribution in [0.3, 0.4) is 0 Å². The predicted octanol–water partition coefficient (Wildman–Crippen LogP) is 3.96. The van der Waals surface area contributed by atoms with Gasteiger partial charge in [0, 0.05) is 62.3 Å². The van der Waals surface area contributed by atoms with Crippen LogP contribution in [0.5, 0.6) is 0 Å². The highest BCUT2D eigenvalue weighted by Gasteiger charge is 2.21.